The Morgan fingerprint density at radius 2 is 1.73 bits per heavy atom. The Bertz CT molecular complexity index is 1350. The lowest BCUT2D eigenvalue weighted by Crippen LogP contribution is -2.42. The summed E-state index contributed by atoms with van der Waals surface area (Å²) >= 11 is 6.05. The quantitative estimate of drug-likeness (QED) is 0.399. The van der Waals surface area contributed by atoms with Crippen molar-refractivity contribution in [2.75, 3.05) is 59.1 Å². The molecule has 4 heterocycles. The summed E-state index contributed by atoms with van der Waals surface area (Å²) in [4.78, 5) is 9.44. The number of halogens is 1. The summed E-state index contributed by atoms with van der Waals surface area (Å²) in [5, 5.41) is 12.0. The Labute approximate surface area is 247 Å². The van der Waals surface area contributed by atoms with Crippen molar-refractivity contribution in [2.24, 2.45) is 0 Å². The Morgan fingerprint density at radius 3 is 2.54 bits per heavy atom. The normalized spacial score (nSPS) is 20.1. The maximum atomic E-state index is 11.3. The second-order valence-corrected chi connectivity index (χ2v) is 11.5. The topological polar surface area (TPSA) is 67.3 Å². The summed E-state index contributed by atoms with van der Waals surface area (Å²) in [6, 6.07) is 17.8. The summed E-state index contributed by atoms with van der Waals surface area (Å²) < 4.78 is 17.8. The van der Waals surface area contributed by atoms with E-state index in [1.165, 1.54) is 0 Å². The number of rotatable bonds is 8. The highest BCUT2D eigenvalue weighted by Gasteiger charge is 2.33. The fourth-order valence-corrected chi connectivity index (χ4v) is 6.07. The molecule has 0 atom stereocenters. The van der Waals surface area contributed by atoms with E-state index < -0.39 is 5.60 Å². The van der Waals surface area contributed by atoms with Gasteiger partial charge in [0.05, 0.1) is 24.5 Å². The van der Waals surface area contributed by atoms with Gasteiger partial charge in [-0.3, -0.25) is 9.88 Å². The number of hydrogen-bond donors (Lipinski definition) is 1. The number of morpholine rings is 1. The molecule has 2 fully saturated rings. The van der Waals surface area contributed by atoms with Gasteiger partial charge in [0.1, 0.15) is 24.7 Å². The molecule has 0 saturated carbocycles. The molecule has 1 aromatic heterocycles. The van der Waals surface area contributed by atoms with Crippen molar-refractivity contribution >= 4 is 17.2 Å². The lowest BCUT2D eigenvalue weighted by molar-refractivity contribution is -0.0254. The van der Waals surface area contributed by atoms with Crippen LogP contribution in [0.25, 0.3) is 5.57 Å². The van der Waals surface area contributed by atoms with E-state index in [-0.39, 0.29) is 0 Å². The van der Waals surface area contributed by atoms with Crippen LogP contribution in [0.1, 0.15) is 41.6 Å². The van der Waals surface area contributed by atoms with Gasteiger partial charge >= 0.3 is 0 Å². The highest BCUT2D eigenvalue weighted by atomic mass is 35.5. The molecule has 3 aliphatic rings. The van der Waals surface area contributed by atoms with Crippen molar-refractivity contribution < 1.29 is 19.3 Å². The van der Waals surface area contributed by atoms with Gasteiger partial charge in [0, 0.05) is 61.6 Å². The summed E-state index contributed by atoms with van der Waals surface area (Å²) in [6.45, 7) is 8.06. The number of benzene rings is 2. The fraction of sp³-hybridized carbons (Fsp3) is 0.424. The van der Waals surface area contributed by atoms with Gasteiger partial charge in [0.2, 0.25) is 0 Å². The first-order valence-corrected chi connectivity index (χ1v) is 15.0. The molecule has 2 saturated heterocycles. The molecule has 1 N–H and O–H groups in total. The summed E-state index contributed by atoms with van der Waals surface area (Å²) in [7, 11) is 0. The number of aliphatic hydroxyl groups is 1. The van der Waals surface area contributed by atoms with E-state index >= 15 is 0 Å². The highest BCUT2D eigenvalue weighted by Crippen LogP contribution is 2.39. The molecular weight excluding hydrogens is 538 g/mol. The third-order valence-corrected chi connectivity index (χ3v) is 8.68. The molecule has 8 heteroatoms. The van der Waals surface area contributed by atoms with Crippen molar-refractivity contribution in [3.8, 4) is 11.5 Å². The van der Waals surface area contributed by atoms with Gasteiger partial charge < -0.3 is 24.2 Å². The third-order valence-electron chi connectivity index (χ3n) is 8.42. The number of piperidine rings is 1. The standard InChI is InChI=1S/C33H38ClN3O4/c34-26-7-5-25(6-8-26)33(38)11-15-36(16-12-33)14-2-4-28-29-3-1-13-35-31(29)24-41-32-10-9-27(23-30(28)32)40-22-19-37-17-20-39-21-18-37/h1,3-10,13,23,38H,2,11-12,14-22,24H2. The van der Waals surface area contributed by atoms with Crippen LogP contribution in [0, 0.1) is 0 Å². The second-order valence-electron chi connectivity index (χ2n) is 11.0. The van der Waals surface area contributed by atoms with Gasteiger partial charge in [-0.05, 0) is 66.8 Å². The van der Waals surface area contributed by atoms with E-state index in [0.717, 1.165) is 98.4 Å². The minimum absolute atomic E-state index is 0.438. The number of pyridine rings is 1. The lowest BCUT2D eigenvalue weighted by Gasteiger charge is -2.38. The minimum Gasteiger partial charge on any atom is -0.492 e. The van der Waals surface area contributed by atoms with Gasteiger partial charge in [-0.1, -0.05) is 35.9 Å². The molecule has 0 bridgehead atoms. The molecule has 0 radical (unpaired) electrons. The predicted octanol–water partition coefficient (Wildman–Crippen LogP) is 5.14. The van der Waals surface area contributed by atoms with Crippen LogP contribution in [-0.2, 0) is 16.9 Å². The molecule has 6 rings (SSSR count). The number of ether oxygens (including phenoxy) is 3. The van der Waals surface area contributed by atoms with E-state index in [1.807, 2.05) is 48.7 Å². The maximum Gasteiger partial charge on any atom is 0.131 e. The first kappa shape index (κ1) is 28.2. The zero-order valence-corrected chi connectivity index (χ0v) is 24.2. The number of aromatic nitrogens is 1. The molecule has 0 aliphatic carbocycles. The van der Waals surface area contributed by atoms with Crippen molar-refractivity contribution in [3.63, 3.8) is 0 Å². The Kier molecular flexibility index (Phi) is 8.89. The smallest absolute Gasteiger partial charge is 0.131 e. The molecule has 3 aliphatic heterocycles. The van der Waals surface area contributed by atoms with Gasteiger partial charge in [-0.25, -0.2) is 0 Å². The van der Waals surface area contributed by atoms with Crippen molar-refractivity contribution in [2.45, 2.75) is 31.5 Å². The number of likely N-dealkylation sites (tertiary alicyclic amines) is 1. The zero-order valence-electron chi connectivity index (χ0n) is 23.4. The average molecular weight is 576 g/mol. The van der Waals surface area contributed by atoms with Crippen LogP contribution in [0.2, 0.25) is 5.02 Å². The van der Waals surface area contributed by atoms with Gasteiger partial charge in [-0.2, -0.15) is 0 Å². The monoisotopic (exact) mass is 575 g/mol. The first-order valence-electron chi connectivity index (χ1n) is 14.6. The van der Waals surface area contributed by atoms with Crippen LogP contribution in [0.5, 0.6) is 11.5 Å². The summed E-state index contributed by atoms with van der Waals surface area (Å²) in [5.74, 6) is 1.69. The molecule has 3 aromatic rings. The van der Waals surface area contributed by atoms with Gasteiger partial charge in [0.15, 0.2) is 0 Å². The second kappa shape index (κ2) is 12.9. The Balaban J connectivity index is 1.14. The Hall–Kier alpha value is -2.94. The van der Waals surface area contributed by atoms with E-state index in [4.69, 9.17) is 25.8 Å². The van der Waals surface area contributed by atoms with Crippen LogP contribution in [0.4, 0.5) is 0 Å². The van der Waals surface area contributed by atoms with Crippen LogP contribution in [0.3, 0.4) is 0 Å². The van der Waals surface area contributed by atoms with Gasteiger partial charge in [-0.15, -0.1) is 0 Å². The molecule has 7 nitrogen and oxygen atoms in total. The van der Waals surface area contributed by atoms with Crippen LogP contribution < -0.4 is 9.47 Å². The van der Waals surface area contributed by atoms with E-state index in [9.17, 15) is 5.11 Å². The summed E-state index contributed by atoms with van der Waals surface area (Å²) in [6.07, 6.45) is 6.43. The van der Waals surface area contributed by atoms with Gasteiger partial charge in [0.25, 0.3) is 0 Å². The molecule has 0 unspecified atom stereocenters. The molecule has 216 valence electrons. The van der Waals surface area contributed by atoms with Crippen molar-refractivity contribution in [1.82, 2.24) is 14.8 Å². The number of hydrogen-bond acceptors (Lipinski definition) is 7. The van der Waals surface area contributed by atoms with E-state index in [2.05, 4.69) is 33.0 Å². The van der Waals surface area contributed by atoms with Crippen LogP contribution in [0.15, 0.2) is 66.9 Å². The maximum absolute atomic E-state index is 11.3. The highest BCUT2D eigenvalue weighted by molar-refractivity contribution is 6.30. The largest absolute Gasteiger partial charge is 0.492 e. The minimum atomic E-state index is -0.792. The SMILES string of the molecule is OC1(c2ccc(Cl)cc2)CCN(CCC=C2c3cc(OCCN4CCOCC4)ccc3OCc3ncccc32)CC1. The Morgan fingerprint density at radius 1 is 0.951 bits per heavy atom. The van der Waals surface area contributed by atoms with E-state index in [0.29, 0.717) is 31.1 Å². The van der Waals surface area contributed by atoms with Crippen LogP contribution >= 0.6 is 11.6 Å². The van der Waals surface area contributed by atoms with Crippen molar-refractivity contribution in [1.29, 1.82) is 0 Å². The van der Waals surface area contributed by atoms with Crippen molar-refractivity contribution in [3.05, 3.63) is 94.3 Å². The summed E-state index contributed by atoms with van der Waals surface area (Å²) in [5.41, 5.74) is 4.37. The van der Waals surface area contributed by atoms with Crippen LogP contribution in [-0.4, -0.2) is 79.0 Å². The molecular formula is C33H38ClN3O4. The fourth-order valence-electron chi connectivity index (χ4n) is 5.95. The molecule has 0 spiro atoms. The molecule has 0 amide bonds. The first-order chi connectivity index (χ1) is 20.1. The van der Waals surface area contributed by atoms with E-state index in [1.54, 1.807) is 0 Å². The number of nitrogens with zero attached hydrogens (tertiary/aromatic N) is 3. The molecule has 2 aromatic carbocycles. The molecule has 41 heavy (non-hydrogen) atoms. The average Bonchev–Trinajstić information content (AvgIpc) is 3.16. The number of fused-ring (bicyclic) bond motifs is 2. The predicted molar refractivity (Wildman–Crippen MR) is 160 cm³/mol. The third kappa shape index (κ3) is 6.76. The zero-order chi connectivity index (χ0) is 28.1. The lowest BCUT2D eigenvalue weighted by atomic mass is 9.84.